The molecule has 3 rings (SSSR count). The third kappa shape index (κ3) is 4.26. The number of aromatic nitrogens is 5. The zero-order valence-corrected chi connectivity index (χ0v) is 16.5. The maximum Gasteiger partial charge on any atom is 0.343 e. The normalized spacial score (nSPS) is 17.5. The summed E-state index contributed by atoms with van der Waals surface area (Å²) < 4.78 is 1.65. The van der Waals surface area contributed by atoms with Crippen LogP contribution in [0, 0.1) is 12.8 Å². The highest BCUT2D eigenvalue weighted by atomic mass is 16.2. The monoisotopic (exact) mass is 372 g/mol. The van der Waals surface area contributed by atoms with Gasteiger partial charge in [0.15, 0.2) is 0 Å². The van der Waals surface area contributed by atoms with E-state index in [9.17, 15) is 9.59 Å². The zero-order valence-electron chi connectivity index (χ0n) is 16.5. The Kier molecular flexibility index (Phi) is 5.72. The Labute approximate surface area is 159 Å². The lowest BCUT2D eigenvalue weighted by Crippen LogP contribution is -2.40. The fourth-order valence-electron chi connectivity index (χ4n) is 3.74. The molecule has 1 amide bonds. The molecule has 8 nitrogen and oxygen atoms in total. The number of H-pyrrole nitrogens is 1. The summed E-state index contributed by atoms with van der Waals surface area (Å²) in [7, 11) is 0. The van der Waals surface area contributed by atoms with Crippen LogP contribution in [0.1, 0.15) is 67.4 Å². The van der Waals surface area contributed by atoms with Crippen molar-refractivity contribution >= 4 is 5.91 Å². The third-order valence-corrected chi connectivity index (χ3v) is 4.91. The van der Waals surface area contributed by atoms with E-state index in [1.807, 2.05) is 24.8 Å². The minimum absolute atomic E-state index is 0.0552. The van der Waals surface area contributed by atoms with Crippen LogP contribution in [0.15, 0.2) is 10.9 Å². The Morgan fingerprint density at radius 3 is 2.85 bits per heavy atom. The first-order valence-electron chi connectivity index (χ1n) is 9.68. The van der Waals surface area contributed by atoms with Gasteiger partial charge in [0.1, 0.15) is 17.3 Å². The smallest absolute Gasteiger partial charge is 0.337 e. The number of aromatic amines is 1. The largest absolute Gasteiger partial charge is 0.343 e. The molecule has 0 spiro atoms. The van der Waals surface area contributed by atoms with Crippen molar-refractivity contribution in [3.63, 3.8) is 0 Å². The van der Waals surface area contributed by atoms with E-state index < -0.39 is 0 Å². The highest BCUT2D eigenvalue weighted by Gasteiger charge is 2.29. The maximum absolute atomic E-state index is 13.1. The second-order valence-electron chi connectivity index (χ2n) is 7.61. The molecule has 27 heavy (non-hydrogen) atoms. The summed E-state index contributed by atoms with van der Waals surface area (Å²) in [5.41, 5.74) is 1.16. The molecule has 1 N–H and O–H groups in total. The Bertz CT molecular complexity index is 869. The Morgan fingerprint density at radius 2 is 2.15 bits per heavy atom. The van der Waals surface area contributed by atoms with Crippen molar-refractivity contribution < 1.29 is 4.79 Å². The van der Waals surface area contributed by atoms with Gasteiger partial charge in [0.2, 0.25) is 0 Å². The van der Waals surface area contributed by atoms with E-state index in [4.69, 9.17) is 0 Å². The number of hydrogen-bond donors (Lipinski definition) is 1. The second-order valence-corrected chi connectivity index (χ2v) is 7.61. The number of nitrogens with one attached hydrogen (secondary N) is 1. The molecule has 0 aromatic carbocycles. The van der Waals surface area contributed by atoms with E-state index in [0.29, 0.717) is 37.1 Å². The number of carbonyl (C=O) groups excluding carboxylic acids is 1. The van der Waals surface area contributed by atoms with Crippen molar-refractivity contribution in [2.24, 2.45) is 5.92 Å². The number of rotatable bonds is 5. The minimum Gasteiger partial charge on any atom is -0.337 e. The molecule has 1 saturated heterocycles. The van der Waals surface area contributed by atoms with Gasteiger partial charge >= 0.3 is 5.69 Å². The van der Waals surface area contributed by atoms with Gasteiger partial charge in [0.25, 0.3) is 5.91 Å². The van der Waals surface area contributed by atoms with E-state index in [2.05, 4.69) is 34.0 Å². The number of aryl methyl sites for hydroxylation is 1. The van der Waals surface area contributed by atoms with Crippen LogP contribution in [0.2, 0.25) is 0 Å². The van der Waals surface area contributed by atoms with Gasteiger partial charge in [-0.25, -0.2) is 19.9 Å². The van der Waals surface area contributed by atoms with Crippen LogP contribution in [-0.4, -0.2) is 48.6 Å². The molecule has 2 aromatic rings. The summed E-state index contributed by atoms with van der Waals surface area (Å²) in [5, 5.41) is 6.73. The molecule has 2 aromatic heterocycles. The van der Waals surface area contributed by atoms with Crippen LogP contribution in [0.4, 0.5) is 0 Å². The van der Waals surface area contributed by atoms with Crippen molar-refractivity contribution in [1.82, 2.24) is 29.6 Å². The van der Waals surface area contributed by atoms with E-state index in [1.165, 1.54) is 0 Å². The van der Waals surface area contributed by atoms with E-state index in [0.717, 1.165) is 30.8 Å². The molecule has 146 valence electrons. The highest BCUT2D eigenvalue weighted by Crippen LogP contribution is 2.26. The minimum atomic E-state index is -0.194. The summed E-state index contributed by atoms with van der Waals surface area (Å²) in [5.74, 6) is 1.81. The number of piperidine rings is 1. The highest BCUT2D eigenvalue weighted by molar-refractivity contribution is 5.92. The SMILES string of the molecule is CCn1c([C@H]2CCCN(C(=O)c3cc(CC(C)C)nc(C)n3)C2)n[nH]c1=O. The Hall–Kier alpha value is -2.51. The van der Waals surface area contributed by atoms with Gasteiger partial charge in [-0.15, -0.1) is 0 Å². The average molecular weight is 372 g/mol. The molecule has 0 radical (unpaired) electrons. The van der Waals surface area contributed by atoms with E-state index in [-0.39, 0.29) is 17.5 Å². The molecule has 1 aliphatic heterocycles. The van der Waals surface area contributed by atoms with Gasteiger partial charge in [0.05, 0.1) is 0 Å². The van der Waals surface area contributed by atoms with Crippen LogP contribution in [0.25, 0.3) is 0 Å². The predicted octanol–water partition coefficient (Wildman–Crippen LogP) is 1.91. The summed E-state index contributed by atoms with van der Waals surface area (Å²) in [6, 6.07) is 1.81. The van der Waals surface area contributed by atoms with Gasteiger partial charge in [-0.1, -0.05) is 13.8 Å². The quantitative estimate of drug-likeness (QED) is 0.865. The van der Waals surface area contributed by atoms with Crippen molar-refractivity contribution in [3.8, 4) is 0 Å². The first-order valence-corrected chi connectivity index (χ1v) is 9.68. The molecule has 0 unspecified atom stereocenters. The average Bonchev–Trinajstić information content (AvgIpc) is 3.00. The van der Waals surface area contributed by atoms with Crippen molar-refractivity contribution in [3.05, 3.63) is 39.6 Å². The standard InChI is InChI=1S/C19H28N6O2/c1-5-25-17(22-23-19(25)27)14-7-6-8-24(11-14)18(26)16-10-15(9-12(2)3)20-13(4)21-16/h10,12,14H,5-9,11H2,1-4H3,(H,23,27)/t14-/m0/s1. The molecule has 3 heterocycles. The van der Waals surface area contributed by atoms with Crippen LogP contribution < -0.4 is 5.69 Å². The molecule has 1 fully saturated rings. The predicted molar refractivity (Wildman–Crippen MR) is 102 cm³/mol. The number of amides is 1. The summed E-state index contributed by atoms with van der Waals surface area (Å²) in [6.07, 6.45) is 2.61. The first-order chi connectivity index (χ1) is 12.9. The fraction of sp³-hybridized carbons (Fsp3) is 0.632. The molecule has 1 aliphatic rings. The molecule has 0 saturated carbocycles. The molecule has 1 atom stereocenters. The maximum atomic E-state index is 13.1. The van der Waals surface area contributed by atoms with E-state index in [1.54, 1.807) is 4.57 Å². The number of carbonyl (C=O) groups is 1. The summed E-state index contributed by atoms with van der Waals surface area (Å²) in [4.78, 5) is 35.6. The lowest BCUT2D eigenvalue weighted by atomic mass is 9.96. The number of hydrogen-bond acceptors (Lipinski definition) is 5. The van der Waals surface area contributed by atoms with Crippen LogP contribution in [0.5, 0.6) is 0 Å². The number of nitrogens with zero attached hydrogens (tertiary/aromatic N) is 5. The summed E-state index contributed by atoms with van der Waals surface area (Å²) >= 11 is 0. The Morgan fingerprint density at radius 1 is 1.37 bits per heavy atom. The van der Waals surface area contributed by atoms with Gasteiger partial charge in [-0.3, -0.25) is 9.36 Å². The topological polar surface area (TPSA) is 96.8 Å². The first kappa shape index (κ1) is 19.3. The van der Waals surface area contributed by atoms with Gasteiger partial charge in [-0.05, 0) is 45.1 Å². The molecular formula is C19H28N6O2. The second kappa shape index (κ2) is 8.02. The van der Waals surface area contributed by atoms with Crippen molar-refractivity contribution in [2.75, 3.05) is 13.1 Å². The Balaban J connectivity index is 1.81. The van der Waals surface area contributed by atoms with Crippen molar-refractivity contribution in [1.29, 1.82) is 0 Å². The van der Waals surface area contributed by atoms with Gasteiger partial charge < -0.3 is 4.90 Å². The van der Waals surface area contributed by atoms with Crippen molar-refractivity contribution in [2.45, 2.75) is 59.4 Å². The summed E-state index contributed by atoms with van der Waals surface area (Å²) in [6.45, 7) is 9.81. The van der Waals surface area contributed by atoms with Gasteiger partial charge in [-0.2, -0.15) is 5.10 Å². The fourth-order valence-corrected chi connectivity index (χ4v) is 3.74. The molecular weight excluding hydrogens is 344 g/mol. The molecule has 0 aliphatic carbocycles. The third-order valence-electron chi connectivity index (χ3n) is 4.91. The zero-order chi connectivity index (χ0) is 19.6. The van der Waals surface area contributed by atoms with Crippen LogP contribution >= 0.6 is 0 Å². The van der Waals surface area contributed by atoms with Crippen LogP contribution in [0.3, 0.4) is 0 Å². The lowest BCUT2D eigenvalue weighted by Gasteiger charge is -2.32. The molecule has 0 bridgehead atoms. The van der Waals surface area contributed by atoms with E-state index >= 15 is 0 Å². The van der Waals surface area contributed by atoms with Gasteiger partial charge in [0, 0.05) is 31.2 Å². The lowest BCUT2D eigenvalue weighted by molar-refractivity contribution is 0.0696. The molecule has 8 heteroatoms. The van der Waals surface area contributed by atoms with Crippen LogP contribution in [-0.2, 0) is 13.0 Å². The number of likely N-dealkylation sites (tertiary alicyclic amines) is 1.